The zero-order valence-corrected chi connectivity index (χ0v) is 31.2. The van der Waals surface area contributed by atoms with Crippen LogP contribution in [0.3, 0.4) is 0 Å². The summed E-state index contributed by atoms with van der Waals surface area (Å²) in [5.74, 6) is 0.546. The fraction of sp³-hybridized carbons (Fsp3) is 0.368. The van der Waals surface area contributed by atoms with E-state index in [4.69, 9.17) is 21.1 Å². The molecule has 278 valence electrons. The van der Waals surface area contributed by atoms with Crippen molar-refractivity contribution in [2.24, 2.45) is 5.92 Å². The number of nitrogens with one attached hydrogen (secondary N) is 2. The van der Waals surface area contributed by atoms with Crippen LogP contribution in [0.2, 0.25) is 5.15 Å². The molecule has 0 spiro atoms. The Morgan fingerprint density at radius 2 is 1.47 bits per heavy atom. The third-order valence-corrected chi connectivity index (χ3v) is 10.3. The zero-order chi connectivity index (χ0) is 37.3. The summed E-state index contributed by atoms with van der Waals surface area (Å²) in [6, 6.07) is 21.1. The quantitative estimate of drug-likeness (QED) is 0.104. The molecule has 1 aliphatic carbocycles. The lowest BCUT2D eigenvalue weighted by atomic mass is 9.95. The van der Waals surface area contributed by atoms with Gasteiger partial charge in [-0.2, -0.15) is 0 Å². The van der Waals surface area contributed by atoms with Gasteiger partial charge in [-0.1, -0.05) is 45.7 Å². The van der Waals surface area contributed by atoms with Gasteiger partial charge < -0.3 is 24.7 Å². The van der Waals surface area contributed by atoms with E-state index in [-0.39, 0.29) is 30.7 Å². The van der Waals surface area contributed by atoms with Crippen LogP contribution in [0.25, 0.3) is 32.8 Å². The van der Waals surface area contributed by atoms with Gasteiger partial charge in [0.2, 0.25) is 0 Å². The Labute approximate surface area is 316 Å². The van der Waals surface area contributed by atoms with E-state index in [0.717, 1.165) is 62.1 Å². The number of ether oxygens (including phenoxy) is 2. The number of alkyl halides is 4. The van der Waals surface area contributed by atoms with Crippen LogP contribution in [0.15, 0.2) is 83.7 Å². The van der Waals surface area contributed by atoms with E-state index >= 15 is 0 Å². The van der Waals surface area contributed by atoms with Crippen molar-refractivity contribution < 1.29 is 27.0 Å². The smallest absolute Gasteiger partial charge is 0.255 e. The first-order chi connectivity index (χ1) is 25.4. The SMILES string of the molecule is CC1(C)O[C@@H]2[C@@H](CCc3ccc4ccc(NCC(F)F)nc4c3)C[C@@H](n3ccc4c(Cl)ncnc43)[C@@H]2O1.FC(F)CNc1ccc2ccc(Br)cc2n1. The first-order valence-corrected chi connectivity index (χ1v) is 18.4. The largest absolute Gasteiger partial charge is 0.364 e. The first kappa shape index (κ1) is 37.2. The maximum Gasteiger partial charge on any atom is 0.255 e. The maximum absolute atomic E-state index is 12.6. The first-order valence-electron chi connectivity index (χ1n) is 17.2. The van der Waals surface area contributed by atoms with Crippen molar-refractivity contribution in [3.05, 3.63) is 94.4 Å². The van der Waals surface area contributed by atoms with Crippen LogP contribution in [-0.2, 0) is 15.9 Å². The Bertz CT molecular complexity index is 2220. The second-order valence-electron chi connectivity index (χ2n) is 13.6. The Hall–Kier alpha value is -4.11. The fourth-order valence-corrected chi connectivity index (χ4v) is 7.68. The van der Waals surface area contributed by atoms with E-state index in [1.165, 1.54) is 6.33 Å². The van der Waals surface area contributed by atoms with Gasteiger partial charge in [0.05, 0.1) is 41.7 Å². The average molecular weight is 815 g/mol. The number of pyridine rings is 2. The van der Waals surface area contributed by atoms with Gasteiger partial charge in [-0.15, -0.1) is 0 Å². The minimum Gasteiger partial charge on any atom is -0.364 e. The van der Waals surface area contributed by atoms with Gasteiger partial charge >= 0.3 is 0 Å². The van der Waals surface area contributed by atoms with Crippen LogP contribution in [0, 0.1) is 5.92 Å². The van der Waals surface area contributed by atoms with Gasteiger partial charge in [0.1, 0.15) is 34.9 Å². The molecule has 1 aliphatic heterocycles. The number of hydrogen-bond donors (Lipinski definition) is 2. The molecule has 4 atom stereocenters. The van der Waals surface area contributed by atoms with Crippen molar-refractivity contribution in [3.63, 3.8) is 0 Å². The van der Waals surface area contributed by atoms with Gasteiger partial charge in [-0.3, -0.25) is 0 Å². The molecular formula is C38H37BrClF4N7O2. The molecule has 0 amide bonds. The molecule has 9 nitrogen and oxygen atoms in total. The maximum atomic E-state index is 12.6. The molecular weight excluding hydrogens is 778 g/mol. The molecule has 15 heteroatoms. The van der Waals surface area contributed by atoms with Crippen molar-refractivity contribution in [1.82, 2.24) is 24.5 Å². The fourth-order valence-electron chi connectivity index (χ4n) is 7.14. The van der Waals surface area contributed by atoms with Gasteiger partial charge in [0.25, 0.3) is 12.9 Å². The van der Waals surface area contributed by atoms with Crippen LogP contribution in [0.5, 0.6) is 0 Å². The lowest BCUT2D eigenvalue weighted by Gasteiger charge is -2.24. The molecule has 0 radical (unpaired) electrons. The Morgan fingerprint density at radius 1 is 0.849 bits per heavy atom. The minimum absolute atomic E-state index is 0.0292. The van der Waals surface area contributed by atoms with E-state index in [2.05, 4.69) is 57.1 Å². The Kier molecular flexibility index (Phi) is 11.0. The number of fused-ring (bicyclic) bond motifs is 4. The number of hydrogen-bond acceptors (Lipinski definition) is 8. The molecule has 0 unspecified atom stereocenters. The monoisotopic (exact) mass is 813 g/mol. The van der Waals surface area contributed by atoms with E-state index in [0.29, 0.717) is 16.8 Å². The topological polar surface area (TPSA) is 99.0 Å². The highest BCUT2D eigenvalue weighted by molar-refractivity contribution is 9.10. The highest BCUT2D eigenvalue weighted by atomic mass is 79.9. The number of nitrogens with zero attached hydrogens (tertiary/aromatic N) is 5. The molecule has 1 saturated heterocycles. The molecule has 4 aromatic heterocycles. The average Bonchev–Trinajstić information content (AvgIpc) is 3.80. The normalized spacial score (nSPS) is 20.6. The summed E-state index contributed by atoms with van der Waals surface area (Å²) in [6.07, 6.45) is 1.23. The number of aromatic nitrogens is 5. The highest BCUT2D eigenvalue weighted by Crippen LogP contribution is 2.49. The van der Waals surface area contributed by atoms with Gasteiger partial charge in [0.15, 0.2) is 5.79 Å². The predicted molar refractivity (Wildman–Crippen MR) is 202 cm³/mol. The molecule has 1 saturated carbocycles. The van der Waals surface area contributed by atoms with Crippen molar-refractivity contribution >= 4 is 72.0 Å². The molecule has 2 fully saturated rings. The summed E-state index contributed by atoms with van der Waals surface area (Å²) >= 11 is 9.64. The van der Waals surface area contributed by atoms with Gasteiger partial charge in [-0.05, 0) is 93.1 Å². The van der Waals surface area contributed by atoms with E-state index < -0.39 is 25.2 Å². The molecule has 2 aliphatic rings. The van der Waals surface area contributed by atoms with Gasteiger partial charge in [-0.25, -0.2) is 37.5 Å². The highest BCUT2D eigenvalue weighted by Gasteiger charge is 2.54. The molecule has 5 heterocycles. The summed E-state index contributed by atoms with van der Waals surface area (Å²) in [5, 5.41) is 8.49. The third-order valence-electron chi connectivity index (χ3n) is 9.46. The van der Waals surface area contributed by atoms with Crippen LogP contribution < -0.4 is 10.6 Å². The summed E-state index contributed by atoms with van der Waals surface area (Å²) in [5.41, 5.74) is 3.51. The van der Waals surface area contributed by atoms with Gasteiger partial charge in [0, 0.05) is 21.4 Å². The second-order valence-corrected chi connectivity index (χ2v) is 14.9. The summed E-state index contributed by atoms with van der Waals surface area (Å²) in [7, 11) is 0. The minimum atomic E-state index is -2.43. The third kappa shape index (κ3) is 8.66. The molecule has 0 bridgehead atoms. The molecule has 2 aromatic carbocycles. The number of aryl methyl sites for hydroxylation is 1. The summed E-state index contributed by atoms with van der Waals surface area (Å²) in [4.78, 5) is 17.4. The lowest BCUT2D eigenvalue weighted by Crippen LogP contribution is -2.27. The van der Waals surface area contributed by atoms with E-state index in [1.54, 1.807) is 12.1 Å². The molecule has 2 N–H and O–H groups in total. The summed E-state index contributed by atoms with van der Waals surface area (Å²) in [6.45, 7) is 3.12. The number of benzene rings is 2. The number of anilines is 2. The van der Waals surface area contributed by atoms with Crippen molar-refractivity contribution in [2.75, 3.05) is 23.7 Å². The van der Waals surface area contributed by atoms with Crippen LogP contribution in [-0.4, -0.2) is 68.4 Å². The number of halogens is 6. The Morgan fingerprint density at radius 3 is 2.15 bits per heavy atom. The molecule has 6 aromatic rings. The van der Waals surface area contributed by atoms with Crippen LogP contribution in [0.4, 0.5) is 29.2 Å². The van der Waals surface area contributed by atoms with Crippen LogP contribution in [0.1, 0.15) is 38.3 Å². The van der Waals surface area contributed by atoms with Crippen LogP contribution >= 0.6 is 27.5 Å². The van der Waals surface area contributed by atoms with Crippen molar-refractivity contribution in [2.45, 2.75) is 70.0 Å². The second kappa shape index (κ2) is 15.7. The standard InChI is InChI=1S/C27H28ClF2N5O2.C11H9BrF2N2/c1-27(2)36-23-17(12-20(24(23)37-27)35-10-9-18-25(28)32-14-33-26(18)35)6-4-15-3-5-16-7-8-22(31-13-21(29)30)34-19(16)11-15;12-8-3-1-7-2-4-11(15-6-10(13)14)16-9(7)5-8/h3,5,7-11,14,17,20-21,23-24H,4,6,12-13H2,1-2H3,(H,31,34);1-5,10H,6H2,(H,15,16)/t17-,20+,23+,24-;/m0./s1. The predicted octanol–water partition coefficient (Wildman–Crippen LogP) is 9.70. The molecule has 53 heavy (non-hydrogen) atoms. The molecule has 8 rings (SSSR count). The van der Waals surface area contributed by atoms with Crippen molar-refractivity contribution in [1.29, 1.82) is 0 Å². The van der Waals surface area contributed by atoms with Crippen molar-refractivity contribution in [3.8, 4) is 0 Å². The number of rotatable bonds is 10. The summed E-state index contributed by atoms with van der Waals surface area (Å²) < 4.78 is 65.0. The van der Waals surface area contributed by atoms with E-state index in [9.17, 15) is 17.6 Å². The van der Waals surface area contributed by atoms with E-state index in [1.807, 2.05) is 68.6 Å². The zero-order valence-electron chi connectivity index (χ0n) is 28.8. The Balaban J connectivity index is 0.000000227. The lowest BCUT2D eigenvalue weighted by molar-refractivity contribution is -0.160.